The molecule has 0 bridgehead atoms. The number of nitrogens with one attached hydrogen (secondary N) is 2. The van der Waals surface area contributed by atoms with Gasteiger partial charge in [-0.05, 0) is 56.3 Å². The van der Waals surface area contributed by atoms with Crippen molar-refractivity contribution in [2.45, 2.75) is 32.7 Å². The number of halogens is 1. The molecule has 3 rings (SSSR count). The van der Waals surface area contributed by atoms with E-state index in [0.717, 1.165) is 12.8 Å². The fraction of sp³-hybridized carbons (Fsp3) is 0.529. The Morgan fingerprint density at radius 3 is 2.65 bits per heavy atom. The van der Waals surface area contributed by atoms with Crippen LogP contribution in [0.15, 0.2) is 6.20 Å². The van der Waals surface area contributed by atoms with E-state index in [1.807, 2.05) is 0 Å². The molecule has 0 aliphatic carbocycles. The van der Waals surface area contributed by atoms with E-state index in [1.54, 1.807) is 20.0 Å². The van der Waals surface area contributed by atoms with Crippen LogP contribution in [-0.4, -0.2) is 45.9 Å². The quantitative estimate of drug-likeness (QED) is 0.883. The molecule has 0 aromatic carbocycles. The summed E-state index contributed by atoms with van der Waals surface area (Å²) in [6, 6.07) is 0.221. The number of H-pyrrole nitrogens is 1. The molecule has 0 radical (unpaired) electrons. The van der Waals surface area contributed by atoms with Crippen LogP contribution in [0, 0.1) is 19.7 Å². The topological polar surface area (TPSA) is 57.8 Å². The van der Waals surface area contributed by atoms with Gasteiger partial charge in [-0.1, -0.05) is 0 Å². The van der Waals surface area contributed by atoms with E-state index >= 15 is 0 Å². The molecule has 126 valence electrons. The van der Waals surface area contributed by atoms with E-state index in [4.69, 9.17) is 0 Å². The van der Waals surface area contributed by atoms with Crippen LogP contribution in [0.5, 0.6) is 0 Å². The standard InChI is InChI=1S/C17H24FN3OS/c1-10-14-13(9-19-11(2)15(14)18)21-16(10)17(22)20-12-5-7-23(3,4)8-6-12/h9,12,21H,5-8H2,1-4H3,(H,20,22). The summed E-state index contributed by atoms with van der Waals surface area (Å²) in [6.07, 6.45) is 8.35. The second-order valence-corrected chi connectivity index (χ2v) is 11.3. The van der Waals surface area contributed by atoms with Gasteiger partial charge >= 0.3 is 0 Å². The predicted molar refractivity (Wildman–Crippen MR) is 95.2 cm³/mol. The van der Waals surface area contributed by atoms with Gasteiger partial charge in [-0.15, -0.1) is 0 Å². The monoisotopic (exact) mass is 337 g/mol. The molecule has 2 aromatic rings. The zero-order valence-corrected chi connectivity index (χ0v) is 14.9. The molecule has 1 amide bonds. The third kappa shape index (κ3) is 3.09. The first-order valence-electron chi connectivity index (χ1n) is 7.91. The average Bonchev–Trinajstić information content (AvgIpc) is 2.83. The van der Waals surface area contributed by atoms with Crippen molar-refractivity contribution in [2.75, 3.05) is 24.0 Å². The molecule has 2 N–H and O–H groups in total. The molecule has 0 atom stereocenters. The summed E-state index contributed by atoms with van der Waals surface area (Å²) >= 11 is 0. The molecule has 2 aromatic heterocycles. The van der Waals surface area contributed by atoms with Gasteiger partial charge < -0.3 is 10.3 Å². The highest BCUT2D eigenvalue weighted by Gasteiger charge is 2.26. The van der Waals surface area contributed by atoms with Crippen molar-refractivity contribution in [1.29, 1.82) is 0 Å². The van der Waals surface area contributed by atoms with Crippen LogP contribution in [0.1, 0.15) is 34.6 Å². The SMILES string of the molecule is Cc1ncc2[nH]c(C(=O)NC3CCS(C)(C)CC3)c(C)c2c1F. The minimum atomic E-state index is -0.472. The van der Waals surface area contributed by atoms with E-state index in [-0.39, 0.29) is 17.8 Å². The van der Waals surface area contributed by atoms with Crippen molar-refractivity contribution < 1.29 is 9.18 Å². The van der Waals surface area contributed by atoms with Crippen LogP contribution >= 0.6 is 10.0 Å². The molecular weight excluding hydrogens is 313 g/mol. The van der Waals surface area contributed by atoms with Gasteiger partial charge in [0.15, 0.2) is 5.82 Å². The Morgan fingerprint density at radius 1 is 1.35 bits per heavy atom. The lowest BCUT2D eigenvalue weighted by atomic mass is 10.1. The highest BCUT2D eigenvalue weighted by atomic mass is 32.3. The number of hydrogen-bond acceptors (Lipinski definition) is 2. The first-order chi connectivity index (χ1) is 10.8. The molecule has 1 saturated heterocycles. The number of hydrogen-bond donors (Lipinski definition) is 2. The van der Waals surface area contributed by atoms with Gasteiger partial charge in [0, 0.05) is 11.4 Å². The van der Waals surface area contributed by atoms with Gasteiger partial charge in [-0.3, -0.25) is 9.78 Å². The van der Waals surface area contributed by atoms with Crippen LogP contribution in [0.2, 0.25) is 0 Å². The van der Waals surface area contributed by atoms with Gasteiger partial charge in [0.05, 0.1) is 17.4 Å². The summed E-state index contributed by atoms with van der Waals surface area (Å²) in [5.41, 5.74) is 2.03. The Labute approximate surface area is 137 Å². The number of aryl methyl sites for hydroxylation is 2. The van der Waals surface area contributed by atoms with Crippen molar-refractivity contribution in [3.05, 3.63) is 29.0 Å². The van der Waals surface area contributed by atoms with E-state index < -0.39 is 10.0 Å². The number of carbonyl (C=O) groups excluding carboxylic acids is 1. The average molecular weight is 337 g/mol. The number of fused-ring (bicyclic) bond motifs is 1. The van der Waals surface area contributed by atoms with Crippen LogP contribution < -0.4 is 5.32 Å². The first-order valence-corrected chi connectivity index (χ1v) is 10.7. The third-order valence-corrected chi connectivity index (χ3v) is 7.49. The number of nitrogens with zero attached hydrogens (tertiary/aromatic N) is 1. The maximum absolute atomic E-state index is 14.3. The molecule has 1 fully saturated rings. The molecule has 1 aliphatic heterocycles. The van der Waals surface area contributed by atoms with Crippen molar-refractivity contribution >= 4 is 26.8 Å². The van der Waals surface area contributed by atoms with Gasteiger partial charge in [0.25, 0.3) is 5.91 Å². The van der Waals surface area contributed by atoms with Crippen LogP contribution in [0.25, 0.3) is 10.9 Å². The molecule has 3 heterocycles. The second kappa shape index (κ2) is 5.82. The molecule has 6 heteroatoms. The van der Waals surface area contributed by atoms with Gasteiger partial charge in [0.1, 0.15) is 5.69 Å². The molecule has 0 spiro atoms. The Bertz CT molecular complexity index is 759. The molecule has 1 aliphatic rings. The van der Waals surface area contributed by atoms with E-state index in [1.165, 1.54) is 11.5 Å². The number of rotatable bonds is 2. The van der Waals surface area contributed by atoms with Crippen molar-refractivity contribution in [2.24, 2.45) is 0 Å². The highest BCUT2D eigenvalue weighted by Crippen LogP contribution is 2.44. The summed E-state index contributed by atoms with van der Waals surface area (Å²) in [5, 5.41) is 3.58. The van der Waals surface area contributed by atoms with Gasteiger partial charge in [-0.2, -0.15) is 0 Å². The molecule has 0 unspecified atom stereocenters. The number of amides is 1. The third-order valence-electron chi connectivity index (χ3n) is 4.80. The van der Waals surface area contributed by atoms with Crippen LogP contribution in [0.3, 0.4) is 0 Å². The van der Waals surface area contributed by atoms with Gasteiger partial charge in [-0.25, -0.2) is 14.4 Å². The lowest BCUT2D eigenvalue weighted by Crippen LogP contribution is -2.40. The van der Waals surface area contributed by atoms with Crippen molar-refractivity contribution in [3.8, 4) is 0 Å². The van der Waals surface area contributed by atoms with E-state index in [0.29, 0.717) is 27.9 Å². The van der Waals surface area contributed by atoms with Crippen molar-refractivity contribution in [1.82, 2.24) is 15.3 Å². The fourth-order valence-corrected chi connectivity index (χ4v) is 5.24. The number of pyridine rings is 1. The Morgan fingerprint density at radius 2 is 2.00 bits per heavy atom. The smallest absolute Gasteiger partial charge is 0.268 e. The summed E-state index contributed by atoms with van der Waals surface area (Å²) in [5.74, 6) is 1.90. The lowest BCUT2D eigenvalue weighted by Gasteiger charge is -2.39. The van der Waals surface area contributed by atoms with Crippen molar-refractivity contribution in [3.63, 3.8) is 0 Å². The van der Waals surface area contributed by atoms with Gasteiger partial charge in [0.2, 0.25) is 0 Å². The summed E-state index contributed by atoms with van der Waals surface area (Å²) < 4.78 is 14.3. The Kier molecular flexibility index (Phi) is 4.12. The normalized spacial score (nSPS) is 19.7. The number of carbonyl (C=O) groups is 1. The number of aromatic amines is 1. The summed E-state index contributed by atoms with van der Waals surface area (Å²) in [4.78, 5) is 19.6. The second-order valence-electron chi connectivity index (χ2n) is 6.99. The van der Waals surface area contributed by atoms with Crippen LogP contribution in [0.4, 0.5) is 4.39 Å². The predicted octanol–water partition coefficient (Wildman–Crippen LogP) is 3.28. The largest absolute Gasteiger partial charge is 0.349 e. The first kappa shape index (κ1) is 16.3. The highest BCUT2D eigenvalue weighted by molar-refractivity contribution is 8.32. The summed E-state index contributed by atoms with van der Waals surface area (Å²) in [7, 11) is -0.472. The van der Waals surface area contributed by atoms with E-state index in [9.17, 15) is 9.18 Å². The molecule has 0 saturated carbocycles. The molecular formula is C17H24FN3OS. The maximum atomic E-state index is 14.3. The summed E-state index contributed by atoms with van der Waals surface area (Å²) in [6.45, 7) is 3.41. The zero-order valence-electron chi connectivity index (χ0n) is 14.1. The minimum Gasteiger partial charge on any atom is -0.349 e. The minimum absolute atomic E-state index is 0.143. The van der Waals surface area contributed by atoms with Crippen LogP contribution in [-0.2, 0) is 0 Å². The molecule has 4 nitrogen and oxygen atoms in total. The lowest BCUT2D eigenvalue weighted by molar-refractivity contribution is 0.0930. The zero-order chi connectivity index (χ0) is 16.8. The Balaban J connectivity index is 1.82. The maximum Gasteiger partial charge on any atom is 0.268 e. The number of aromatic nitrogens is 2. The molecule has 23 heavy (non-hydrogen) atoms. The fourth-order valence-electron chi connectivity index (χ4n) is 3.19. The Hall–Kier alpha value is -1.56. The van der Waals surface area contributed by atoms with E-state index in [2.05, 4.69) is 27.8 Å².